The topological polar surface area (TPSA) is 52.0 Å². The van der Waals surface area contributed by atoms with E-state index >= 15 is 0 Å². The van der Waals surface area contributed by atoms with E-state index in [1.165, 1.54) is 0 Å². The number of rotatable bonds is 2. The number of pyridine rings is 1. The predicted molar refractivity (Wildman–Crippen MR) is 76.2 cm³/mol. The molecule has 0 aliphatic carbocycles. The molecule has 3 nitrogen and oxygen atoms in total. The van der Waals surface area contributed by atoms with E-state index in [2.05, 4.69) is 4.98 Å². The van der Waals surface area contributed by atoms with Crippen LogP contribution < -0.4 is 5.73 Å². The third-order valence-electron chi connectivity index (χ3n) is 3.06. The molecule has 0 aliphatic rings. The molecule has 2 aromatic heterocycles. The molecule has 2 N–H and O–H groups in total. The molecule has 3 aromatic rings. The van der Waals surface area contributed by atoms with Crippen molar-refractivity contribution in [3.63, 3.8) is 0 Å². The average Bonchev–Trinajstić information content (AvgIpc) is 2.80. The second-order valence-corrected chi connectivity index (χ2v) is 5.00. The highest BCUT2D eigenvalue weighted by molar-refractivity contribution is 6.31. The van der Waals surface area contributed by atoms with Crippen LogP contribution in [0.2, 0.25) is 5.02 Å². The zero-order valence-corrected chi connectivity index (χ0v) is 11.2. The molecule has 96 valence electrons. The third kappa shape index (κ3) is 2.35. The predicted octanol–water partition coefficient (Wildman–Crippen LogP) is 3.84. The molecule has 1 aromatic carbocycles. The maximum Gasteiger partial charge on any atom is 0.134 e. The van der Waals surface area contributed by atoms with Gasteiger partial charge in [0.25, 0.3) is 0 Å². The Kier molecular flexibility index (Phi) is 3.01. The number of hydrogen-bond donors (Lipinski definition) is 1. The molecule has 0 radical (unpaired) electrons. The van der Waals surface area contributed by atoms with Crippen LogP contribution in [0.5, 0.6) is 0 Å². The van der Waals surface area contributed by atoms with Crippen LogP contribution in [0, 0.1) is 6.92 Å². The molecule has 0 fully saturated rings. The molecule has 4 heteroatoms. The Morgan fingerprint density at radius 3 is 2.84 bits per heavy atom. The van der Waals surface area contributed by atoms with E-state index in [1.54, 1.807) is 12.3 Å². The Hall–Kier alpha value is -1.84. The first kappa shape index (κ1) is 12.2. The summed E-state index contributed by atoms with van der Waals surface area (Å²) in [5.41, 5.74) is 8.90. The van der Waals surface area contributed by atoms with Gasteiger partial charge in [-0.2, -0.15) is 0 Å². The Morgan fingerprint density at radius 1 is 1.21 bits per heavy atom. The minimum absolute atomic E-state index is 0.369. The molecule has 1 unspecified atom stereocenters. The lowest BCUT2D eigenvalue weighted by Gasteiger charge is -2.08. The van der Waals surface area contributed by atoms with Crippen molar-refractivity contribution in [2.45, 2.75) is 13.0 Å². The quantitative estimate of drug-likeness (QED) is 0.771. The Morgan fingerprint density at radius 2 is 2.05 bits per heavy atom. The van der Waals surface area contributed by atoms with Gasteiger partial charge in [0.1, 0.15) is 17.4 Å². The highest BCUT2D eigenvalue weighted by Crippen LogP contribution is 2.28. The summed E-state index contributed by atoms with van der Waals surface area (Å²) in [7, 11) is 0. The monoisotopic (exact) mass is 272 g/mol. The molecule has 19 heavy (non-hydrogen) atoms. The smallest absolute Gasteiger partial charge is 0.134 e. The first-order valence-corrected chi connectivity index (χ1v) is 6.38. The van der Waals surface area contributed by atoms with Crippen molar-refractivity contribution in [3.8, 4) is 0 Å². The Labute approximate surface area is 116 Å². The SMILES string of the molecule is Cc1ccnc(C(N)c2cc3cc(Cl)ccc3o2)c1. The normalized spacial score (nSPS) is 12.8. The van der Waals surface area contributed by atoms with E-state index in [-0.39, 0.29) is 6.04 Å². The van der Waals surface area contributed by atoms with Crippen LogP contribution in [0.4, 0.5) is 0 Å². The van der Waals surface area contributed by atoms with Crippen LogP contribution >= 0.6 is 11.6 Å². The number of nitrogens with zero attached hydrogens (tertiary/aromatic N) is 1. The van der Waals surface area contributed by atoms with Crippen LogP contribution in [0.25, 0.3) is 11.0 Å². The van der Waals surface area contributed by atoms with Gasteiger partial charge in [-0.15, -0.1) is 0 Å². The minimum atomic E-state index is -0.369. The number of fused-ring (bicyclic) bond motifs is 1. The lowest BCUT2D eigenvalue weighted by Crippen LogP contribution is -2.12. The summed E-state index contributed by atoms with van der Waals surface area (Å²) in [6.07, 6.45) is 1.75. The minimum Gasteiger partial charge on any atom is -0.459 e. The van der Waals surface area contributed by atoms with E-state index in [9.17, 15) is 0 Å². The fourth-order valence-corrected chi connectivity index (χ4v) is 2.24. The summed E-state index contributed by atoms with van der Waals surface area (Å²) in [6, 6.07) is 11.0. The maximum absolute atomic E-state index is 6.20. The fraction of sp³-hybridized carbons (Fsp3) is 0.133. The van der Waals surface area contributed by atoms with Gasteiger partial charge in [-0.1, -0.05) is 11.6 Å². The molecule has 2 heterocycles. The summed E-state index contributed by atoms with van der Waals surface area (Å²) in [4.78, 5) is 4.29. The Balaban J connectivity index is 2.04. The van der Waals surface area contributed by atoms with Crippen LogP contribution in [0.15, 0.2) is 47.0 Å². The van der Waals surface area contributed by atoms with Gasteiger partial charge in [0.15, 0.2) is 0 Å². The number of benzene rings is 1. The van der Waals surface area contributed by atoms with Crippen LogP contribution in [-0.2, 0) is 0 Å². The van der Waals surface area contributed by atoms with Gasteiger partial charge < -0.3 is 10.2 Å². The van der Waals surface area contributed by atoms with E-state index in [0.29, 0.717) is 10.8 Å². The number of aryl methyl sites for hydroxylation is 1. The first-order valence-electron chi connectivity index (χ1n) is 6.00. The number of furan rings is 1. The van der Waals surface area contributed by atoms with Gasteiger partial charge in [0.05, 0.1) is 5.69 Å². The van der Waals surface area contributed by atoms with Gasteiger partial charge in [-0.3, -0.25) is 4.98 Å². The zero-order valence-electron chi connectivity index (χ0n) is 10.4. The van der Waals surface area contributed by atoms with Gasteiger partial charge in [0.2, 0.25) is 0 Å². The molecular formula is C15H13ClN2O. The van der Waals surface area contributed by atoms with Crippen molar-refractivity contribution in [2.75, 3.05) is 0 Å². The zero-order chi connectivity index (χ0) is 13.4. The van der Waals surface area contributed by atoms with Gasteiger partial charge in [0, 0.05) is 16.6 Å². The third-order valence-corrected chi connectivity index (χ3v) is 3.29. The van der Waals surface area contributed by atoms with Crippen LogP contribution in [0.1, 0.15) is 23.1 Å². The maximum atomic E-state index is 6.20. The molecule has 1 atom stereocenters. The molecular weight excluding hydrogens is 260 g/mol. The van der Waals surface area contributed by atoms with Crippen molar-refractivity contribution < 1.29 is 4.42 Å². The summed E-state index contributed by atoms with van der Waals surface area (Å²) in [5.74, 6) is 0.690. The highest BCUT2D eigenvalue weighted by Gasteiger charge is 2.15. The Bertz CT molecular complexity index is 736. The standard InChI is InChI=1S/C15H13ClN2O/c1-9-4-5-18-12(6-9)15(17)14-8-10-7-11(16)2-3-13(10)19-14/h2-8,15H,17H2,1H3. The summed E-state index contributed by atoms with van der Waals surface area (Å²) >= 11 is 5.96. The van der Waals surface area contributed by atoms with Crippen molar-refractivity contribution in [1.29, 1.82) is 0 Å². The number of halogens is 1. The van der Waals surface area contributed by atoms with E-state index in [1.807, 2.05) is 37.3 Å². The summed E-state index contributed by atoms with van der Waals surface area (Å²) in [5, 5.41) is 1.63. The summed E-state index contributed by atoms with van der Waals surface area (Å²) < 4.78 is 5.76. The lowest BCUT2D eigenvalue weighted by molar-refractivity contribution is 0.520. The van der Waals surface area contributed by atoms with Crippen molar-refractivity contribution in [3.05, 3.63) is 64.6 Å². The van der Waals surface area contributed by atoms with E-state index < -0.39 is 0 Å². The molecule has 0 saturated carbocycles. The molecule has 0 bridgehead atoms. The van der Waals surface area contributed by atoms with E-state index in [4.69, 9.17) is 21.8 Å². The summed E-state index contributed by atoms with van der Waals surface area (Å²) in [6.45, 7) is 2.01. The second kappa shape index (κ2) is 4.68. The largest absolute Gasteiger partial charge is 0.459 e. The van der Waals surface area contributed by atoms with Crippen LogP contribution in [-0.4, -0.2) is 4.98 Å². The van der Waals surface area contributed by atoms with Crippen molar-refractivity contribution >= 4 is 22.6 Å². The number of hydrogen-bond acceptors (Lipinski definition) is 3. The first-order chi connectivity index (χ1) is 9.13. The lowest BCUT2D eigenvalue weighted by atomic mass is 10.1. The molecule has 3 rings (SSSR count). The molecule has 0 spiro atoms. The number of aromatic nitrogens is 1. The average molecular weight is 273 g/mol. The molecule has 0 amide bonds. The molecule has 0 saturated heterocycles. The number of nitrogens with two attached hydrogens (primary N) is 1. The van der Waals surface area contributed by atoms with E-state index in [0.717, 1.165) is 22.2 Å². The van der Waals surface area contributed by atoms with Crippen molar-refractivity contribution in [2.24, 2.45) is 5.73 Å². The fourth-order valence-electron chi connectivity index (χ4n) is 2.06. The molecule has 0 aliphatic heterocycles. The van der Waals surface area contributed by atoms with Gasteiger partial charge in [-0.05, 0) is 48.9 Å². The van der Waals surface area contributed by atoms with Gasteiger partial charge in [-0.25, -0.2) is 0 Å². The highest BCUT2D eigenvalue weighted by atomic mass is 35.5. The second-order valence-electron chi connectivity index (χ2n) is 4.57. The van der Waals surface area contributed by atoms with Crippen LogP contribution in [0.3, 0.4) is 0 Å². The van der Waals surface area contributed by atoms with Gasteiger partial charge >= 0.3 is 0 Å². The van der Waals surface area contributed by atoms with Crippen molar-refractivity contribution in [1.82, 2.24) is 4.98 Å².